The maximum absolute atomic E-state index is 4.11. The van der Waals surface area contributed by atoms with E-state index in [9.17, 15) is 0 Å². The van der Waals surface area contributed by atoms with Crippen molar-refractivity contribution in [2.24, 2.45) is 5.92 Å². The van der Waals surface area contributed by atoms with Crippen LogP contribution in [0.4, 0.5) is 0 Å². The van der Waals surface area contributed by atoms with Gasteiger partial charge in [-0.3, -0.25) is 9.88 Å². The van der Waals surface area contributed by atoms with Gasteiger partial charge in [-0.15, -0.1) is 11.8 Å². The lowest BCUT2D eigenvalue weighted by molar-refractivity contribution is 0.134. The van der Waals surface area contributed by atoms with Crippen LogP contribution in [0.2, 0.25) is 0 Å². The molecule has 0 N–H and O–H groups in total. The van der Waals surface area contributed by atoms with Crippen LogP contribution in [0.25, 0.3) is 0 Å². The topological polar surface area (TPSA) is 16.1 Å². The van der Waals surface area contributed by atoms with Gasteiger partial charge in [0.2, 0.25) is 0 Å². The molecule has 1 saturated heterocycles. The fourth-order valence-corrected chi connectivity index (χ4v) is 4.38. The standard InChI is InChI=1S/C14H22N2S/c1-10(2)13-9-17-14(16(13)11(3)4)12-5-7-15-8-6-12/h5-8,10-11,13-14H,9H2,1-4H3/t13-,14?/m0/s1. The van der Waals surface area contributed by atoms with Gasteiger partial charge in [0.1, 0.15) is 0 Å². The molecule has 0 amide bonds. The van der Waals surface area contributed by atoms with E-state index in [1.165, 1.54) is 11.3 Å². The molecular formula is C14H22N2S. The Morgan fingerprint density at radius 3 is 2.41 bits per heavy atom. The molecule has 94 valence electrons. The van der Waals surface area contributed by atoms with Crippen LogP contribution in [0.3, 0.4) is 0 Å². The highest BCUT2D eigenvalue weighted by Crippen LogP contribution is 2.44. The number of rotatable bonds is 3. The van der Waals surface area contributed by atoms with Crippen molar-refractivity contribution < 1.29 is 0 Å². The summed E-state index contributed by atoms with van der Waals surface area (Å²) in [4.78, 5) is 6.77. The Labute approximate surface area is 109 Å². The molecule has 2 atom stereocenters. The minimum atomic E-state index is 0.505. The Morgan fingerprint density at radius 2 is 1.88 bits per heavy atom. The van der Waals surface area contributed by atoms with Crippen LogP contribution in [-0.2, 0) is 0 Å². The Balaban J connectivity index is 2.24. The number of thioether (sulfide) groups is 1. The highest BCUT2D eigenvalue weighted by Gasteiger charge is 2.37. The maximum Gasteiger partial charge on any atom is 0.0821 e. The lowest BCUT2D eigenvalue weighted by Crippen LogP contribution is -2.41. The van der Waals surface area contributed by atoms with Gasteiger partial charge in [-0.25, -0.2) is 0 Å². The predicted octanol–water partition coefficient (Wildman–Crippen LogP) is 3.56. The summed E-state index contributed by atoms with van der Waals surface area (Å²) in [5.74, 6) is 1.96. The van der Waals surface area contributed by atoms with Crippen molar-refractivity contribution in [1.82, 2.24) is 9.88 Å². The molecule has 2 heterocycles. The van der Waals surface area contributed by atoms with Gasteiger partial charge in [0.25, 0.3) is 0 Å². The molecule has 0 radical (unpaired) electrons. The smallest absolute Gasteiger partial charge is 0.0821 e. The average molecular weight is 250 g/mol. The van der Waals surface area contributed by atoms with E-state index >= 15 is 0 Å². The molecule has 2 rings (SSSR count). The van der Waals surface area contributed by atoms with Crippen molar-refractivity contribution in [2.75, 3.05) is 5.75 Å². The fourth-order valence-electron chi connectivity index (χ4n) is 2.52. The molecule has 3 heteroatoms. The van der Waals surface area contributed by atoms with Crippen molar-refractivity contribution >= 4 is 11.8 Å². The second-order valence-electron chi connectivity index (χ2n) is 5.32. The van der Waals surface area contributed by atoms with Gasteiger partial charge in [-0.05, 0) is 37.5 Å². The number of nitrogens with zero attached hydrogens (tertiary/aromatic N) is 2. The van der Waals surface area contributed by atoms with E-state index in [-0.39, 0.29) is 0 Å². The summed E-state index contributed by atoms with van der Waals surface area (Å²) in [6.45, 7) is 9.26. The van der Waals surface area contributed by atoms with Crippen molar-refractivity contribution in [3.63, 3.8) is 0 Å². The van der Waals surface area contributed by atoms with Gasteiger partial charge in [0.15, 0.2) is 0 Å². The van der Waals surface area contributed by atoms with Gasteiger partial charge >= 0.3 is 0 Å². The summed E-state index contributed by atoms with van der Waals surface area (Å²) < 4.78 is 0. The third-order valence-electron chi connectivity index (χ3n) is 3.44. The van der Waals surface area contributed by atoms with Crippen LogP contribution in [0.15, 0.2) is 24.5 Å². The van der Waals surface area contributed by atoms with Gasteiger partial charge in [-0.1, -0.05) is 13.8 Å². The molecule has 0 saturated carbocycles. The molecule has 0 spiro atoms. The first-order chi connectivity index (χ1) is 8.11. The molecule has 1 fully saturated rings. The Hall–Kier alpha value is -0.540. The molecule has 1 aromatic heterocycles. The molecule has 0 aromatic carbocycles. The van der Waals surface area contributed by atoms with E-state index in [4.69, 9.17) is 0 Å². The largest absolute Gasteiger partial charge is 0.281 e. The predicted molar refractivity (Wildman–Crippen MR) is 75.0 cm³/mol. The van der Waals surface area contributed by atoms with Crippen molar-refractivity contribution in [3.8, 4) is 0 Å². The molecule has 0 bridgehead atoms. The van der Waals surface area contributed by atoms with Crippen molar-refractivity contribution in [2.45, 2.75) is 45.2 Å². The average Bonchev–Trinajstić information content (AvgIpc) is 2.74. The van der Waals surface area contributed by atoms with E-state index in [0.29, 0.717) is 17.5 Å². The van der Waals surface area contributed by atoms with E-state index in [1.54, 1.807) is 0 Å². The third kappa shape index (κ3) is 2.66. The summed E-state index contributed by atoms with van der Waals surface area (Å²) >= 11 is 2.07. The van der Waals surface area contributed by atoms with Crippen LogP contribution in [0.5, 0.6) is 0 Å². The first-order valence-corrected chi connectivity index (χ1v) is 7.45. The quantitative estimate of drug-likeness (QED) is 0.816. The second kappa shape index (κ2) is 5.40. The van der Waals surface area contributed by atoms with E-state index in [0.717, 1.165) is 5.92 Å². The van der Waals surface area contributed by atoms with Crippen LogP contribution in [-0.4, -0.2) is 27.7 Å². The SMILES string of the molecule is CC(C)[C@@H]1CSC(c2ccncc2)N1C(C)C. The molecule has 1 unspecified atom stereocenters. The number of hydrogen-bond acceptors (Lipinski definition) is 3. The fraction of sp³-hybridized carbons (Fsp3) is 0.643. The summed E-state index contributed by atoms with van der Waals surface area (Å²) in [5.41, 5.74) is 1.39. The Kier molecular flexibility index (Phi) is 4.10. The molecular weight excluding hydrogens is 228 g/mol. The van der Waals surface area contributed by atoms with Crippen LogP contribution >= 0.6 is 11.8 Å². The molecule has 1 aromatic rings. The number of pyridine rings is 1. The summed E-state index contributed by atoms with van der Waals surface area (Å²) in [7, 11) is 0. The highest BCUT2D eigenvalue weighted by molar-refractivity contribution is 7.99. The number of aromatic nitrogens is 1. The molecule has 1 aliphatic heterocycles. The number of hydrogen-bond donors (Lipinski definition) is 0. The molecule has 1 aliphatic rings. The van der Waals surface area contributed by atoms with Crippen LogP contribution in [0, 0.1) is 5.92 Å². The Bertz CT molecular complexity index is 350. The third-order valence-corrected chi connectivity index (χ3v) is 4.80. The van der Waals surface area contributed by atoms with Gasteiger partial charge in [0, 0.05) is 30.2 Å². The normalized spacial score (nSPS) is 26.0. The van der Waals surface area contributed by atoms with Crippen LogP contribution < -0.4 is 0 Å². The lowest BCUT2D eigenvalue weighted by Gasteiger charge is -2.35. The highest BCUT2D eigenvalue weighted by atomic mass is 32.2. The van der Waals surface area contributed by atoms with E-state index in [2.05, 4.69) is 61.5 Å². The zero-order valence-electron chi connectivity index (χ0n) is 11.1. The molecule has 0 aliphatic carbocycles. The minimum absolute atomic E-state index is 0.505. The maximum atomic E-state index is 4.11. The van der Waals surface area contributed by atoms with Gasteiger partial charge in [-0.2, -0.15) is 0 Å². The Morgan fingerprint density at radius 1 is 1.24 bits per heavy atom. The second-order valence-corrected chi connectivity index (χ2v) is 6.43. The van der Waals surface area contributed by atoms with Crippen LogP contribution in [0.1, 0.15) is 38.6 Å². The van der Waals surface area contributed by atoms with E-state index < -0.39 is 0 Å². The summed E-state index contributed by atoms with van der Waals surface area (Å²) in [5, 5.41) is 0.505. The monoisotopic (exact) mass is 250 g/mol. The molecule has 2 nitrogen and oxygen atoms in total. The molecule has 17 heavy (non-hydrogen) atoms. The first kappa shape index (κ1) is 12.9. The lowest BCUT2D eigenvalue weighted by atomic mass is 10.0. The summed E-state index contributed by atoms with van der Waals surface area (Å²) in [6.07, 6.45) is 3.80. The van der Waals surface area contributed by atoms with Crippen molar-refractivity contribution in [3.05, 3.63) is 30.1 Å². The summed E-state index contributed by atoms with van der Waals surface area (Å²) in [6, 6.07) is 5.58. The van der Waals surface area contributed by atoms with Gasteiger partial charge in [0.05, 0.1) is 5.37 Å². The van der Waals surface area contributed by atoms with Gasteiger partial charge < -0.3 is 0 Å². The van der Waals surface area contributed by atoms with Crippen molar-refractivity contribution in [1.29, 1.82) is 0 Å². The minimum Gasteiger partial charge on any atom is -0.281 e. The zero-order valence-corrected chi connectivity index (χ0v) is 11.9. The first-order valence-electron chi connectivity index (χ1n) is 6.40. The van der Waals surface area contributed by atoms with E-state index in [1.807, 2.05) is 12.4 Å². The zero-order chi connectivity index (χ0) is 12.4.